The van der Waals surface area contributed by atoms with Crippen molar-refractivity contribution in [3.63, 3.8) is 0 Å². The number of carbonyl (C=O) groups excluding carboxylic acids is 1. The average molecular weight is 411 g/mol. The van der Waals surface area contributed by atoms with Crippen LogP contribution in [0.2, 0.25) is 0 Å². The lowest BCUT2D eigenvalue weighted by atomic mass is 10.1. The summed E-state index contributed by atoms with van der Waals surface area (Å²) in [5.74, 6) is 0.863. The van der Waals surface area contributed by atoms with Gasteiger partial charge in [0.2, 0.25) is 0 Å². The second kappa shape index (κ2) is 13.4. The van der Waals surface area contributed by atoms with Gasteiger partial charge in [-0.15, -0.1) is 0 Å². The Balaban J connectivity index is 2.12. The first kappa shape index (κ1) is 23.4. The van der Waals surface area contributed by atoms with Crippen LogP contribution in [0.5, 0.6) is 11.5 Å². The highest BCUT2D eigenvalue weighted by Crippen LogP contribution is 2.32. The van der Waals surface area contributed by atoms with Gasteiger partial charge in [0, 0.05) is 19.5 Å². The first-order chi connectivity index (χ1) is 14.1. The van der Waals surface area contributed by atoms with Crippen molar-refractivity contribution in [3.8, 4) is 11.5 Å². The van der Waals surface area contributed by atoms with Gasteiger partial charge in [-0.25, -0.2) is 0 Å². The molecule has 0 bridgehead atoms. The second-order valence-corrected chi connectivity index (χ2v) is 6.90. The fourth-order valence-electron chi connectivity index (χ4n) is 2.69. The summed E-state index contributed by atoms with van der Waals surface area (Å²) in [6, 6.07) is 5.85. The Kier molecular flexibility index (Phi) is 10.8. The molecule has 8 heteroatoms. The number of benzene rings is 1. The van der Waals surface area contributed by atoms with E-state index in [1.54, 1.807) is 0 Å². The van der Waals surface area contributed by atoms with Gasteiger partial charge in [-0.05, 0) is 17.7 Å². The lowest BCUT2D eigenvalue weighted by molar-refractivity contribution is -0.146. The van der Waals surface area contributed by atoms with Crippen LogP contribution in [0.25, 0.3) is 0 Å². The van der Waals surface area contributed by atoms with Crippen molar-refractivity contribution in [2.24, 2.45) is 0 Å². The van der Waals surface area contributed by atoms with Crippen molar-refractivity contribution in [3.05, 3.63) is 23.8 Å². The summed E-state index contributed by atoms with van der Waals surface area (Å²) in [6.07, 6.45) is -0.419. The summed E-state index contributed by atoms with van der Waals surface area (Å²) in [6.45, 7) is 9.73. The zero-order chi connectivity index (χ0) is 20.9. The lowest BCUT2D eigenvalue weighted by Crippen LogP contribution is -2.30. The van der Waals surface area contributed by atoms with Crippen LogP contribution >= 0.6 is 0 Å². The van der Waals surface area contributed by atoms with E-state index >= 15 is 0 Å². The maximum atomic E-state index is 11.6. The smallest absolute Gasteiger partial charge is 0.303 e. The molecule has 1 aromatic rings. The second-order valence-electron chi connectivity index (χ2n) is 6.90. The maximum Gasteiger partial charge on any atom is 0.303 e. The number of fused-ring (bicyclic) bond motifs is 1. The Hall–Kier alpha value is -1.87. The summed E-state index contributed by atoms with van der Waals surface area (Å²) in [7, 11) is 0. The molecule has 1 aromatic carbocycles. The Morgan fingerprint density at radius 2 is 1.48 bits per heavy atom. The minimum atomic E-state index is -0.419. The Morgan fingerprint density at radius 3 is 2.03 bits per heavy atom. The summed E-state index contributed by atoms with van der Waals surface area (Å²) >= 11 is 0. The molecule has 1 N–H and O–H groups in total. The minimum Gasteiger partial charge on any atom is -0.487 e. The van der Waals surface area contributed by atoms with Crippen LogP contribution in [0.1, 0.15) is 32.4 Å². The molecule has 1 atom stereocenters. The van der Waals surface area contributed by atoms with Crippen LogP contribution in [0.3, 0.4) is 0 Å². The molecule has 0 aliphatic carbocycles. The van der Waals surface area contributed by atoms with E-state index in [4.69, 9.17) is 28.4 Å². The van der Waals surface area contributed by atoms with Crippen LogP contribution in [0, 0.1) is 0 Å². The van der Waals surface area contributed by atoms with Gasteiger partial charge in [0.15, 0.2) is 11.5 Å². The zero-order valence-corrected chi connectivity index (χ0v) is 17.6. The lowest BCUT2D eigenvalue weighted by Gasteiger charge is -2.21. The van der Waals surface area contributed by atoms with E-state index in [0.29, 0.717) is 70.9 Å². The van der Waals surface area contributed by atoms with Gasteiger partial charge in [-0.1, -0.05) is 19.9 Å². The average Bonchev–Trinajstić information content (AvgIpc) is 2.69. The maximum absolute atomic E-state index is 11.6. The molecule has 0 aromatic heterocycles. The number of ether oxygens (including phenoxy) is 6. The van der Waals surface area contributed by atoms with E-state index in [1.165, 1.54) is 6.92 Å². The molecule has 1 heterocycles. The summed E-state index contributed by atoms with van der Waals surface area (Å²) in [5, 5.41) is 3.31. The Morgan fingerprint density at radius 1 is 0.931 bits per heavy atom. The van der Waals surface area contributed by atoms with E-state index in [-0.39, 0.29) is 12.0 Å². The largest absolute Gasteiger partial charge is 0.487 e. The molecule has 0 fully saturated rings. The molecule has 2 rings (SSSR count). The summed E-state index contributed by atoms with van der Waals surface area (Å²) in [5.41, 5.74) is 0.833. The van der Waals surface area contributed by atoms with E-state index in [0.717, 1.165) is 5.56 Å². The van der Waals surface area contributed by atoms with Crippen LogP contribution in [0.4, 0.5) is 0 Å². The molecule has 0 spiro atoms. The standard InChI is InChI=1S/C21H33NO7/c1-16(2)22-15-21(29-17(3)23)18-4-5-19-20(14-18)28-13-11-26-9-7-24-6-8-25-10-12-27-19/h4-5,14,16,21-22H,6-13,15H2,1-3H3/t21-/m0/s1. The zero-order valence-electron chi connectivity index (χ0n) is 17.6. The van der Waals surface area contributed by atoms with Crippen LogP contribution in [-0.2, 0) is 23.7 Å². The van der Waals surface area contributed by atoms with Gasteiger partial charge < -0.3 is 33.7 Å². The molecular weight excluding hydrogens is 378 g/mol. The number of rotatable bonds is 5. The van der Waals surface area contributed by atoms with Crippen molar-refractivity contribution in [2.75, 3.05) is 59.4 Å². The third kappa shape index (κ3) is 9.45. The highest BCUT2D eigenvalue weighted by Gasteiger charge is 2.18. The van der Waals surface area contributed by atoms with Gasteiger partial charge in [-0.3, -0.25) is 4.79 Å². The molecule has 0 amide bonds. The highest BCUT2D eigenvalue weighted by molar-refractivity contribution is 5.66. The molecule has 1 aliphatic rings. The molecule has 8 nitrogen and oxygen atoms in total. The molecule has 29 heavy (non-hydrogen) atoms. The molecule has 0 radical (unpaired) electrons. The monoisotopic (exact) mass is 411 g/mol. The van der Waals surface area contributed by atoms with Crippen molar-refractivity contribution < 1.29 is 33.2 Å². The topological polar surface area (TPSA) is 84.5 Å². The summed E-state index contributed by atoms with van der Waals surface area (Å²) < 4.78 is 33.6. The van der Waals surface area contributed by atoms with Gasteiger partial charge in [0.25, 0.3) is 0 Å². The number of hydrogen-bond donors (Lipinski definition) is 1. The van der Waals surface area contributed by atoms with Gasteiger partial charge in [0.05, 0.1) is 39.6 Å². The molecule has 0 saturated carbocycles. The number of carbonyl (C=O) groups is 1. The number of hydrogen-bond acceptors (Lipinski definition) is 8. The molecule has 0 unspecified atom stereocenters. The number of esters is 1. The summed E-state index contributed by atoms with van der Waals surface area (Å²) in [4.78, 5) is 11.6. The molecule has 1 aliphatic heterocycles. The van der Waals surface area contributed by atoms with Gasteiger partial charge in [0.1, 0.15) is 19.3 Å². The van der Waals surface area contributed by atoms with Crippen molar-refractivity contribution in [1.29, 1.82) is 0 Å². The molecular formula is C21H33NO7. The number of nitrogens with one attached hydrogen (secondary N) is 1. The predicted molar refractivity (Wildman–Crippen MR) is 108 cm³/mol. The van der Waals surface area contributed by atoms with Gasteiger partial charge >= 0.3 is 5.97 Å². The Labute approximate surface area is 172 Å². The first-order valence-corrected chi connectivity index (χ1v) is 10.1. The fraction of sp³-hybridized carbons (Fsp3) is 0.667. The SMILES string of the molecule is CC(=O)O[C@@H](CNC(C)C)c1ccc2c(c1)OCCOCCOCCOCCO2. The third-order valence-electron chi connectivity index (χ3n) is 4.07. The van der Waals surface area contributed by atoms with Crippen molar-refractivity contribution in [1.82, 2.24) is 5.32 Å². The van der Waals surface area contributed by atoms with Crippen LogP contribution in [0.15, 0.2) is 18.2 Å². The van der Waals surface area contributed by atoms with Gasteiger partial charge in [-0.2, -0.15) is 0 Å². The van der Waals surface area contributed by atoms with E-state index in [9.17, 15) is 4.79 Å². The van der Waals surface area contributed by atoms with Crippen molar-refractivity contribution in [2.45, 2.75) is 32.9 Å². The van der Waals surface area contributed by atoms with Crippen LogP contribution in [-0.4, -0.2) is 71.4 Å². The molecule has 164 valence electrons. The van der Waals surface area contributed by atoms with E-state index in [1.807, 2.05) is 32.0 Å². The minimum absolute atomic E-state index is 0.273. The first-order valence-electron chi connectivity index (χ1n) is 10.1. The predicted octanol–water partition coefficient (Wildman–Crippen LogP) is 2.11. The van der Waals surface area contributed by atoms with E-state index in [2.05, 4.69) is 5.32 Å². The van der Waals surface area contributed by atoms with E-state index < -0.39 is 6.10 Å². The molecule has 0 saturated heterocycles. The fourth-order valence-corrected chi connectivity index (χ4v) is 2.69. The third-order valence-corrected chi connectivity index (χ3v) is 4.07. The Bertz CT molecular complexity index is 609. The highest BCUT2D eigenvalue weighted by atomic mass is 16.6. The van der Waals surface area contributed by atoms with Crippen molar-refractivity contribution >= 4 is 5.97 Å². The quantitative estimate of drug-likeness (QED) is 0.738. The normalized spacial score (nSPS) is 17.8. The van der Waals surface area contributed by atoms with Crippen LogP contribution < -0.4 is 14.8 Å².